The number of amides is 1. The molecule has 0 bridgehead atoms. The van der Waals surface area contributed by atoms with Gasteiger partial charge in [0.2, 0.25) is 0 Å². The van der Waals surface area contributed by atoms with E-state index >= 15 is 0 Å². The fraction of sp³-hybridized carbons (Fsp3) is 0.0800. The first kappa shape index (κ1) is 18.8. The van der Waals surface area contributed by atoms with E-state index in [0.717, 1.165) is 27.8 Å². The van der Waals surface area contributed by atoms with Crippen LogP contribution in [0.25, 0.3) is 16.6 Å². The molecule has 0 radical (unpaired) electrons. The number of pyridine rings is 2. The molecule has 6 nitrogen and oxygen atoms in total. The molecule has 1 amide bonds. The van der Waals surface area contributed by atoms with Crippen molar-refractivity contribution in [1.29, 1.82) is 0 Å². The van der Waals surface area contributed by atoms with Gasteiger partial charge in [-0.2, -0.15) is 0 Å². The van der Waals surface area contributed by atoms with Crippen LogP contribution in [0.1, 0.15) is 21.6 Å². The van der Waals surface area contributed by atoms with Crippen LogP contribution in [0.4, 0.5) is 5.69 Å². The molecule has 0 atom stereocenters. The summed E-state index contributed by atoms with van der Waals surface area (Å²) in [6, 6.07) is 20.7. The largest absolute Gasteiger partial charge is 0.487 e. The van der Waals surface area contributed by atoms with Crippen LogP contribution in [-0.2, 0) is 6.61 Å². The second kappa shape index (κ2) is 7.91. The summed E-state index contributed by atoms with van der Waals surface area (Å²) in [7, 11) is 0. The third-order valence-corrected chi connectivity index (χ3v) is 5.11. The fourth-order valence-electron chi connectivity index (χ4n) is 3.53. The summed E-state index contributed by atoms with van der Waals surface area (Å²) < 4.78 is 7.84. The van der Waals surface area contributed by atoms with Crippen LogP contribution < -0.4 is 10.1 Å². The van der Waals surface area contributed by atoms with E-state index in [2.05, 4.69) is 15.3 Å². The van der Waals surface area contributed by atoms with Crippen molar-refractivity contribution in [1.82, 2.24) is 14.4 Å². The number of rotatable bonds is 5. The number of carbonyl (C=O) groups excluding carboxylic acids is 1. The van der Waals surface area contributed by atoms with E-state index in [1.54, 1.807) is 30.5 Å². The van der Waals surface area contributed by atoms with E-state index in [4.69, 9.17) is 4.74 Å². The molecule has 3 heterocycles. The highest BCUT2D eigenvalue weighted by molar-refractivity contribution is 6.08. The molecule has 31 heavy (non-hydrogen) atoms. The van der Waals surface area contributed by atoms with Crippen molar-refractivity contribution in [2.45, 2.75) is 13.5 Å². The van der Waals surface area contributed by atoms with E-state index in [0.29, 0.717) is 23.6 Å². The fourth-order valence-corrected chi connectivity index (χ4v) is 3.53. The molecule has 0 aliphatic rings. The molecule has 1 N–H and O–H groups in total. The lowest BCUT2D eigenvalue weighted by atomic mass is 10.1. The molecule has 0 fully saturated rings. The highest BCUT2D eigenvalue weighted by Gasteiger charge is 2.10. The molecule has 0 spiro atoms. The minimum Gasteiger partial charge on any atom is -0.487 e. The van der Waals surface area contributed by atoms with Gasteiger partial charge in [0.25, 0.3) is 5.91 Å². The number of ether oxygens (including phenoxy) is 1. The van der Waals surface area contributed by atoms with Crippen molar-refractivity contribution in [2.24, 2.45) is 0 Å². The molecule has 6 heteroatoms. The van der Waals surface area contributed by atoms with Gasteiger partial charge in [-0.05, 0) is 55.0 Å². The van der Waals surface area contributed by atoms with E-state index in [9.17, 15) is 4.79 Å². The van der Waals surface area contributed by atoms with Crippen molar-refractivity contribution in [3.05, 3.63) is 102 Å². The maximum absolute atomic E-state index is 12.7. The Labute approximate surface area is 179 Å². The predicted octanol–water partition coefficient (Wildman–Crippen LogP) is 5.02. The molecule has 5 aromatic rings. The number of fused-ring (bicyclic) bond motifs is 2. The van der Waals surface area contributed by atoms with Crippen LogP contribution in [-0.4, -0.2) is 20.3 Å². The van der Waals surface area contributed by atoms with Gasteiger partial charge in [-0.1, -0.05) is 24.3 Å². The molecule has 5 rings (SSSR count). The number of imidazole rings is 1. The zero-order chi connectivity index (χ0) is 21.2. The Balaban J connectivity index is 1.27. The zero-order valence-electron chi connectivity index (χ0n) is 16.9. The summed E-state index contributed by atoms with van der Waals surface area (Å²) in [4.78, 5) is 21.7. The standard InChI is InChI=1S/C25H20N4O2/c1-17-5-4-14-29-15-20(27-24(17)29)16-31-21-11-9-19(10-12-21)25(30)28-22-8-2-6-18-7-3-13-26-23(18)22/h2-15H,16H2,1H3,(H,28,30). The van der Waals surface area contributed by atoms with Gasteiger partial charge in [0, 0.05) is 29.5 Å². The van der Waals surface area contributed by atoms with Crippen molar-refractivity contribution in [3.8, 4) is 5.75 Å². The smallest absolute Gasteiger partial charge is 0.255 e. The average molecular weight is 408 g/mol. The molecule has 3 aromatic heterocycles. The Hall–Kier alpha value is -4.19. The lowest BCUT2D eigenvalue weighted by molar-refractivity contribution is 0.102. The van der Waals surface area contributed by atoms with E-state index in [-0.39, 0.29) is 5.91 Å². The van der Waals surface area contributed by atoms with Crippen LogP contribution in [0, 0.1) is 6.92 Å². The van der Waals surface area contributed by atoms with Crippen molar-refractivity contribution < 1.29 is 9.53 Å². The Morgan fingerprint density at radius 1 is 1.03 bits per heavy atom. The number of carbonyl (C=O) groups is 1. The van der Waals surface area contributed by atoms with E-state index in [1.807, 2.05) is 66.2 Å². The quantitative estimate of drug-likeness (QED) is 0.443. The van der Waals surface area contributed by atoms with Crippen molar-refractivity contribution in [3.63, 3.8) is 0 Å². The molecule has 2 aromatic carbocycles. The van der Waals surface area contributed by atoms with Crippen LogP contribution in [0.2, 0.25) is 0 Å². The Morgan fingerprint density at radius 3 is 2.71 bits per heavy atom. The third kappa shape index (κ3) is 3.83. The number of nitrogens with zero attached hydrogens (tertiary/aromatic N) is 3. The molecular formula is C25H20N4O2. The first-order chi connectivity index (χ1) is 15.2. The first-order valence-electron chi connectivity index (χ1n) is 9.98. The number of aromatic nitrogens is 3. The second-order valence-electron chi connectivity index (χ2n) is 7.30. The van der Waals surface area contributed by atoms with E-state index in [1.165, 1.54) is 0 Å². The molecule has 152 valence electrons. The molecular weight excluding hydrogens is 388 g/mol. The van der Waals surface area contributed by atoms with Crippen LogP contribution in [0.5, 0.6) is 5.75 Å². The molecule has 0 saturated heterocycles. The predicted molar refractivity (Wildman–Crippen MR) is 120 cm³/mol. The van der Waals surface area contributed by atoms with Gasteiger partial charge < -0.3 is 14.5 Å². The number of hydrogen-bond acceptors (Lipinski definition) is 4. The van der Waals surface area contributed by atoms with Gasteiger partial charge >= 0.3 is 0 Å². The summed E-state index contributed by atoms with van der Waals surface area (Å²) in [5.74, 6) is 0.484. The van der Waals surface area contributed by atoms with Crippen LogP contribution >= 0.6 is 0 Å². The first-order valence-corrected chi connectivity index (χ1v) is 9.98. The minimum atomic E-state index is -0.194. The zero-order valence-corrected chi connectivity index (χ0v) is 16.9. The number of hydrogen-bond donors (Lipinski definition) is 1. The number of aryl methyl sites for hydroxylation is 1. The van der Waals surface area contributed by atoms with Crippen LogP contribution in [0.15, 0.2) is 85.3 Å². The summed E-state index contributed by atoms with van der Waals surface area (Å²) in [6.07, 6.45) is 5.65. The van der Waals surface area contributed by atoms with Gasteiger partial charge in [-0.25, -0.2) is 4.98 Å². The number of benzene rings is 2. The molecule has 0 aliphatic carbocycles. The maximum atomic E-state index is 12.7. The van der Waals surface area contributed by atoms with Gasteiger partial charge in [-0.15, -0.1) is 0 Å². The minimum absolute atomic E-state index is 0.194. The summed E-state index contributed by atoms with van der Waals surface area (Å²) >= 11 is 0. The third-order valence-electron chi connectivity index (χ3n) is 5.11. The Bertz CT molecular complexity index is 1380. The van der Waals surface area contributed by atoms with Crippen molar-refractivity contribution in [2.75, 3.05) is 5.32 Å². The topological polar surface area (TPSA) is 68.5 Å². The van der Waals surface area contributed by atoms with Gasteiger partial charge in [-0.3, -0.25) is 9.78 Å². The van der Waals surface area contributed by atoms with E-state index < -0.39 is 0 Å². The van der Waals surface area contributed by atoms with Gasteiger partial charge in [0.1, 0.15) is 18.0 Å². The number of anilines is 1. The van der Waals surface area contributed by atoms with Gasteiger partial charge in [0.15, 0.2) is 0 Å². The highest BCUT2D eigenvalue weighted by Crippen LogP contribution is 2.22. The second-order valence-corrected chi connectivity index (χ2v) is 7.30. The summed E-state index contributed by atoms with van der Waals surface area (Å²) in [5.41, 5.74) is 4.89. The Morgan fingerprint density at radius 2 is 1.87 bits per heavy atom. The molecule has 0 unspecified atom stereocenters. The summed E-state index contributed by atoms with van der Waals surface area (Å²) in [6.45, 7) is 2.39. The monoisotopic (exact) mass is 408 g/mol. The number of para-hydroxylation sites is 1. The molecule has 0 aliphatic heterocycles. The molecule has 0 saturated carbocycles. The normalized spacial score (nSPS) is 11.0. The average Bonchev–Trinajstić information content (AvgIpc) is 3.23. The lowest BCUT2D eigenvalue weighted by Crippen LogP contribution is -2.12. The maximum Gasteiger partial charge on any atom is 0.255 e. The summed E-state index contributed by atoms with van der Waals surface area (Å²) in [5, 5.41) is 3.92. The Kier molecular flexibility index (Phi) is 4.80. The number of nitrogens with one attached hydrogen (secondary N) is 1. The lowest BCUT2D eigenvalue weighted by Gasteiger charge is -2.09. The van der Waals surface area contributed by atoms with Crippen molar-refractivity contribution >= 4 is 28.1 Å². The SMILES string of the molecule is Cc1cccn2cc(COc3ccc(C(=O)Nc4cccc5cccnc45)cc3)nc12. The van der Waals surface area contributed by atoms with Crippen LogP contribution in [0.3, 0.4) is 0 Å². The van der Waals surface area contributed by atoms with Gasteiger partial charge in [0.05, 0.1) is 16.9 Å². The highest BCUT2D eigenvalue weighted by atomic mass is 16.5.